The Hall–Kier alpha value is -1.83. The van der Waals surface area contributed by atoms with Crippen LogP contribution in [0.15, 0.2) is 47.6 Å². The van der Waals surface area contributed by atoms with Gasteiger partial charge < -0.3 is 4.90 Å². The molecule has 1 saturated carbocycles. The first-order chi connectivity index (χ1) is 13.7. The average Bonchev–Trinajstić information content (AvgIpc) is 3.34. The molecular weight excluding hydrogens is 412 g/mol. The van der Waals surface area contributed by atoms with E-state index in [2.05, 4.69) is 26.9 Å². The average molecular weight is 433 g/mol. The number of thioether (sulfide) groups is 1. The number of aromatic nitrogens is 3. The molecule has 4 rings (SSSR count). The van der Waals surface area contributed by atoms with Crippen LogP contribution in [0, 0.1) is 0 Å². The molecule has 8 heteroatoms. The van der Waals surface area contributed by atoms with Crippen molar-refractivity contribution in [2.75, 3.05) is 12.3 Å². The predicted octanol–water partition coefficient (Wildman–Crippen LogP) is 5.00. The number of hydrogen-bond donors (Lipinski definition) is 0. The number of thiophene rings is 1. The monoisotopic (exact) mass is 432 g/mol. The van der Waals surface area contributed by atoms with Gasteiger partial charge in [0, 0.05) is 23.0 Å². The molecule has 0 aliphatic heterocycles. The molecule has 2 aromatic heterocycles. The molecule has 1 aliphatic carbocycles. The molecule has 0 unspecified atom stereocenters. The van der Waals surface area contributed by atoms with E-state index in [9.17, 15) is 4.79 Å². The lowest BCUT2D eigenvalue weighted by Gasteiger charge is -2.20. The van der Waals surface area contributed by atoms with Gasteiger partial charge in [0.25, 0.3) is 0 Å². The zero-order valence-corrected chi connectivity index (χ0v) is 17.9. The number of nitrogens with zero attached hydrogens (tertiary/aromatic N) is 4. The molecule has 2 heterocycles. The second-order valence-corrected chi connectivity index (χ2v) is 9.43. The molecule has 1 fully saturated rings. The van der Waals surface area contributed by atoms with Crippen molar-refractivity contribution in [1.82, 2.24) is 19.7 Å². The molecule has 1 aliphatic rings. The Kier molecular flexibility index (Phi) is 6.04. The summed E-state index contributed by atoms with van der Waals surface area (Å²) < 4.78 is 2.85. The molecule has 1 amide bonds. The van der Waals surface area contributed by atoms with E-state index >= 15 is 0 Å². The second kappa shape index (κ2) is 8.68. The zero-order valence-electron chi connectivity index (χ0n) is 15.5. The molecular formula is C20H21ClN4OS2. The van der Waals surface area contributed by atoms with Crippen LogP contribution in [0.1, 0.15) is 36.4 Å². The van der Waals surface area contributed by atoms with Crippen LogP contribution in [-0.4, -0.2) is 37.9 Å². The fourth-order valence-electron chi connectivity index (χ4n) is 3.02. The Balaban J connectivity index is 1.47. The first-order valence-corrected chi connectivity index (χ1v) is 11.5. The van der Waals surface area contributed by atoms with E-state index in [1.165, 1.54) is 23.1 Å². The highest BCUT2D eigenvalue weighted by Gasteiger charge is 2.31. The molecule has 0 saturated heterocycles. The van der Waals surface area contributed by atoms with Crippen molar-refractivity contribution in [2.45, 2.75) is 37.4 Å². The number of halogens is 1. The topological polar surface area (TPSA) is 51.0 Å². The minimum absolute atomic E-state index is 0.0904. The van der Waals surface area contributed by atoms with Gasteiger partial charge in [0.2, 0.25) is 5.91 Å². The van der Waals surface area contributed by atoms with Crippen LogP contribution in [0.4, 0.5) is 0 Å². The van der Waals surface area contributed by atoms with E-state index in [0.29, 0.717) is 24.8 Å². The highest BCUT2D eigenvalue weighted by molar-refractivity contribution is 7.99. The van der Waals surface area contributed by atoms with Crippen molar-refractivity contribution in [3.8, 4) is 5.69 Å². The van der Waals surface area contributed by atoms with Crippen molar-refractivity contribution in [2.24, 2.45) is 0 Å². The van der Waals surface area contributed by atoms with Crippen LogP contribution in [0.3, 0.4) is 0 Å². The van der Waals surface area contributed by atoms with E-state index in [4.69, 9.17) is 11.6 Å². The van der Waals surface area contributed by atoms with E-state index < -0.39 is 0 Å². The van der Waals surface area contributed by atoms with Gasteiger partial charge in [0.05, 0.1) is 16.6 Å². The fraction of sp³-hybridized carbons (Fsp3) is 0.350. The number of rotatable bonds is 8. The van der Waals surface area contributed by atoms with E-state index in [1.54, 1.807) is 0 Å². The minimum Gasteiger partial charge on any atom is -0.337 e. The summed E-state index contributed by atoms with van der Waals surface area (Å²) in [5.74, 6) is 1.91. The highest BCUT2D eigenvalue weighted by atomic mass is 35.5. The van der Waals surface area contributed by atoms with E-state index in [0.717, 1.165) is 38.7 Å². The third-order valence-electron chi connectivity index (χ3n) is 4.65. The smallest absolute Gasteiger partial charge is 0.233 e. The molecule has 0 N–H and O–H groups in total. The summed E-state index contributed by atoms with van der Waals surface area (Å²) >= 11 is 8.98. The molecule has 0 atom stereocenters. The van der Waals surface area contributed by atoms with Crippen molar-refractivity contribution >= 4 is 40.6 Å². The normalized spacial score (nSPS) is 13.6. The lowest BCUT2D eigenvalue weighted by Crippen LogP contribution is -2.31. The summed E-state index contributed by atoms with van der Waals surface area (Å²) in [6.07, 6.45) is 2.31. The van der Waals surface area contributed by atoms with Crippen molar-refractivity contribution in [3.05, 3.63) is 57.5 Å². The Morgan fingerprint density at radius 3 is 2.68 bits per heavy atom. The summed E-state index contributed by atoms with van der Waals surface area (Å²) in [7, 11) is 0. The molecule has 0 radical (unpaired) electrons. The first-order valence-electron chi connectivity index (χ1n) is 9.31. The summed E-state index contributed by atoms with van der Waals surface area (Å²) in [5.41, 5.74) is 1.05. The van der Waals surface area contributed by atoms with Crippen LogP contribution in [0.2, 0.25) is 4.34 Å². The van der Waals surface area contributed by atoms with Gasteiger partial charge in [-0.15, -0.1) is 21.5 Å². The summed E-state index contributed by atoms with van der Waals surface area (Å²) in [4.78, 5) is 15.7. The van der Waals surface area contributed by atoms with E-state index in [1.807, 2.05) is 42.2 Å². The molecule has 146 valence electrons. The molecule has 3 aromatic rings. The number of benzene rings is 1. The van der Waals surface area contributed by atoms with Crippen molar-refractivity contribution in [1.29, 1.82) is 0 Å². The van der Waals surface area contributed by atoms with Gasteiger partial charge in [0.1, 0.15) is 5.82 Å². The van der Waals surface area contributed by atoms with Crippen LogP contribution >= 0.6 is 34.7 Å². The lowest BCUT2D eigenvalue weighted by atomic mass is 10.3. The maximum absolute atomic E-state index is 12.8. The molecule has 0 bridgehead atoms. The summed E-state index contributed by atoms with van der Waals surface area (Å²) in [5, 5.41) is 9.58. The largest absolute Gasteiger partial charge is 0.337 e. The van der Waals surface area contributed by atoms with Crippen molar-refractivity contribution in [3.63, 3.8) is 0 Å². The predicted molar refractivity (Wildman–Crippen MR) is 114 cm³/mol. The SMILES string of the molecule is CCN(Cc1ccc(Cl)s1)C(=O)CSc1nnc(C2CC2)n1-c1ccccc1. The Morgan fingerprint density at radius 2 is 2.04 bits per heavy atom. The van der Waals surface area contributed by atoms with Gasteiger partial charge in [-0.1, -0.05) is 41.6 Å². The molecule has 0 spiro atoms. The van der Waals surface area contributed by atoms with Crippen molar-refractivity contribution < 1.29 is 4.79 Å². The molecule has 28 heavy (non-hydrogen) atoms. The zero-order chi connectivity index (χ0) is 19.5. The van der Waals surface area contributed by atoms with Gasteiger partial charge >= 0.3 is 0 Å². The molecule has 1 aromatic carbocycles. The first kappa shape index (κ1) is 19.5. The number of carbonyl (C=O) groups is 1. The van der Waals surface area contributed by atoms with Crippen LogP contribution in [-0.2, 0) is 11.3 Å². The second-order valence-electron chi connectivity index (χ2n) is 6.69. The third kappa shape index (κ3) is 4.42. The maximum Gasteiger partial charge on any atom is 0.233 e. The van der Waals surface area contributed by atoms with Gasteiger partial charge in [-0.25, -0.2) is 0 Å². The maximum atomic E-state index is 12.8. The van der Waals surface area contributed by atoms with Crippen LogP contribution < -0.4 is 0 Å². The summed E-state index contributed by atoms with van der Waals surface area (Å²) in [6, 6.07) is 14.0. The van der Waals surface area contributed by atoms with Gasteiger partial charge in [-0.2, -0.15) is 0 Å². The van der Waals surface area contributed by atoms with Gasteiger partial charge in [-0.3, -0.25) is 9.36 Å². The quantitative estimate of drug-likeness (QED) is 0.470. The minimum atomic E-state index is 0.0904. The van der Waals surface area contributed by atoms with E-state index in [-0.39, 0.29) is 5.91 Å². The van der Waals surface area contributed by atoms with Gasteiger partial charge in [0.15, 0.2) is 5.16 Å². The Bertz CT molecular complexity index is 952. The van der Waals surface area contributed by atoms with Crippen LogP contribution in [0.25, 0.3) is 5.69 Å². The number of carbonyl (C=O) groups excluding carboxylic acids is 1. The highest BCUT2D eigenvalue weighted by Crippen LogP contribution is 2.41. The van der Waals surface area contributed by atoms with Gasteiger partial charge in [-0.05, 0) is 44.0 Å². The standard InChI is InChI=1S/C20H21ClN4OS2/c1-2-24(12-16-10-11-17(21)28-16)18(26)13-27-20-23-22-19(14-8-9-14)25(20)15-6-4-3-5-7-15/h3-7,10-11,14H,2,8-9,12-13H2,1H3. The third-order valence-corrected chi connectivity index (χ3v) is 6.78. The van der Waals surface area contributed by atoms with Crippen LogP contribution in [0.5, 0.6) is 0 Å². The molecule has 5 nitrogen and oxygen atoms in total. The Labute approximate surface area is 177 Å². The number of hydrogen-bond acceptors (Lipinski definition) is 5. The number of para-hydroxylation sites is 1. The summed E-state index contributed by atoms with van der Waals surface area (Å²) in [6.45, 7) is 3.25. The fourth-order valence-corrected chi connectivity index (χ4v) is 4.98. The number of amides is 1. The lowest BCUT2D eigenvalue weighted by molar-refractivity contribution is -0.128. The Morgan fingerprint density at radius 1 is 1.25 bits per heavy atom.